The number of nitrogens with two attached hydrogens (primary N) is 1. The van der Waals surface area contributed by atoms with Crippen LogP contribution in [0.1, 0.15) is 19.8 Å². The lowest BCUT2D eigenvalue weighted by Gasteiger charge is -2.16. The number of methoxy groups -OCH3 is 1. The molecule has 6 nitrogen and oxygen atoms in total. The maximum absolute atomic E-state index is 12.0. The highest BCUT2D eigenvalue weighted by molar-refractivity contribution is 5.97. The van der Waals surface area contributed by atoms with Gasteiger partial charge in [-0.05, 0) is 18.1 Å². The van der Waals surface area contributed by atoms with Gasteiger partial charge < -0.3 is 20.7 Å². The standard InChI is InChI=1S/C15H21N3O3/c1-3-10-6-15(20)18(8-10)9-14(19)17-13-5-4-11(21-2)7-12(13)16/h4-5,7,10H,3,6,8-9,16H2,1-2H3,(H,17,19). The van der Waals surface area contributed by atoms with Gasteiger partial charge in [0, 0.05) is 19.0 Å². The van der Waals surface area contributed by atoms with Crippen LogP contribution in [0.15, 0.2) is 18.2 Å². The van der Waals surface area contributed by atoms with Crippen molar-refractivity contribution in [3.63, 3.8) is 0 Å². The van der Waals surface area contributed by atoms with Crippen LogP contribution in [0.2, 0.25) is 0 Å². The van der Waals surface area contributed by atoms with E-state index < -0.39 is 0 Å². The van der Waals surface area contributed by atoms with Crippen LogP contribution in [0.3, 0.4) is 0 Å². The SMILES string of the molecule is CCC1CC(=O)N(CC(=O)Nc2ccc(OC)cc2N)C1. The molecule has 0 spiro atoms. The number of amides is 2. The molecule has 1 aromatic rings. The second-order valence-electron chi connectivity index (χ2n) is 5.25. The second-order valence-corrected chi connectivity index (χ2v) is 5.25. The fraction of sp³-hybridized carbons (Fsp3) is 0.467. The van der Waals surface area contributed by atoms with Crippen molar-refractivity contribution < 1.29 is 14.3 Å². The Morgan fingerprint density at radius 3 is 2.86 bits per heavy atom. The van der Waals surface area contributed by atoms with Crippen LogP contribution in [0.5, 0.6) is 5.75 Å². The van der Waals surface area contributed by atoms with Gasteiger partial charge in [-0.1, -0.05) is 13.3 Å². The summed E-state index contributed by atoms with van der Waals surface area (Å²) < 4.78 is 5.06. The number of hydrogen-bond acceptors (Lipinski definition) is 4. The molecule has 0 aromatic heterocycles. The quantitative estimate of drug-likeness (QED) is 0.805. The van der Waals surface area contributed by atoms with Crippen molar-refractivity contribution in [2.24, 2.45) is 5.92 Å². The number of nitrogen functional groups attached to an aromatic ring is 1. The van der Waals surface area contributed by atoms with Crippen LogP contribution < -0.4 is 15.8 Å². The molecule has 0 radical (unpaired) electrons. The highest BCUT2D eigenvalue weighted by atomic mass is 16.5. The van der Waals surface area contributed by atoms with E-state index in [4.69, 9.17) is 10.5 Å². The minimum absolute atomic E-state index is 0.0414. The third-order valence-corrected chi connectivity index (χ3v) is 3.74. The Hall–Kier alpha value is -2.24. The number of likely N-dealkylation sites (tertiary alicyclic amines) is 1. The van der Waals surface area contributed by atoms with Crippen molar-refractivity contribution in [2.45, 2.75) is 19.8 Å². The fourth-order valence-electron chi connectivity index (χ4n) is 2.42. The highest BCUT2D eigenvalue weighted by Gasteiger charge is 2.29. The zero-order chi connectivity index (χ0) is 15.4. The number of nitrogens with one attached hydrogen (secondary N) is 1. The van der Waals surface area contributed by atoms with Gasteiger partial charge in [-0.25, -0.2) is 0 Å². The second kappa shape index (κ2) is 6.47. The lowest BCUT2D eigenvalue weighted by atomic mass is 10.1. The summed E-state index contributed by atoms with van der Waals surface area (Å²) in [4.78, 5) is 25.4. The number of anilines is 2. The Kier molecular flexibility index (Phi) is 4.67. The van der Waals surface area contributed by atoms with E-state index in [-0.39, 0.29) is 18.4 Å². The molecule has 3 N–H and O–H groups in total. The first kappa shape index (κ1) is 15.2. The van der Waals surface area contributed by atoms with Gasteiger partial charge in [-0.2, -0.15) is 0 Å². The molecule has 6 heteroatoms. The molecule has 114 valence electrons. The number of hydrogen-bond donors (Lipinski definition) is 2. The summed E-state index contributed by atoms with van der Waals surface area (Å²) >= 11 is 0. The van der Waals surface area contributed by atoms with Gasteiger partial charge in [-0.15, -0.1) is 0 Å². The first-order valence-electron chi connectivity index (χ1n) is 7.04. The van der Waals surface area contributed by atoms with Gasteiger partial charge in [-0.3, -0.25) is 9.59 Å². The van der Waals surface area contributed by atoms with E-state index in [2.05, 4.69) is 12.2 Å². The molecule has 0 saturated carbocycles. The fourth-order valence-corrected chi connectivity index (χ4v) is 2.42. The average Bonchev–Trinajstić information content (AvgIpc) is 2.81. The van der Waals surface area contributed by atoms with E-state index in [9.17, 15) is 9.59 Å². The zero-order valence-corrected chi connectivity index (χ0v) is 12.4. The molecule has 2 amide bonds. The lowest BCUT2D eigenvalue weighted by Crippen LogP contribution is -2.34. The van der Waals surface area contributed by atoms with Gasteiger partial charge in [0.05, 0.1) is 25.0 Å². The van der Waals surface area contributed by atoms with E-state index in [1.54, 1.807) is 30.2 Å². The summed E-state index contributed by atoms with van der Waals surface area (Å²) in [6, 6.07) is 5.05. The van der Waals surface area contributed by atoms with Crippen LogP contribution in [0.4, 0.5) is 11.4 Å². The molecule has 1 heterocycles. The number of rotatable bonds is 5. The highest BCUT2D eigenvalue weighted by Crippen LogP contribution is 2.24. The smallest absolute Gasteiger partial charge is 0.244 e. The summed E-state index contributed by atoms with van der Waals surface area (Å²) in [5, 5.41) is 2.73. The number of ether oxygens (including phenoxy) is 1. The normalized spacial score (nSPS) is 17.9. The summed E-state index contributed by atoms with van der Waals surface area (Å²) in [7, 11) is 1.55. The molecule has 1 aromatic carbocycles. The number of carbonyl (C=O) groups excluding carboxylic acids is 2. The Balaban J connectivity index is 1.94. The molecule has 0 bridgehead atoms. The Morgan fingerprint density at radius 2 is 2.29 bits per heavy atom. The summed E-state index contributed by atoms with van der Waals surface area (Å²) in [5.74, 6) is 0.791. The van der Waals surface area contributed by atoms with Gasteiger partial charge in [0.15, 0.2) is 0 Å². The predicted octanol–water partition coefficient (Wildman–Crippen LogP) is 1.47. The monoisotopic (exact) mass is 291 g/mol. The average molecular weight is 291 g/mol. The summed E-state index contributed by atoms with van der Waals surface area (Å²) in [5.41, 5.74) is 6.81. The molecule has 1 fully saturated rings. The molecular weight excluding hydrogens is 270 g/mol. The van der Waals surface area contributed by atoms with E-state index >= 15 is 0 Å². The zero-order valence-electron chi connectivity index (χ0n) is 12.4. The summed E-state index contributed by atoms with van der Waals surface area (Å²) in [6.07, 6.45) is 1.49. The first-order chi connectivity index (χ1) is 10.0. The van der Waals surface area contributed by atoms with Crippen LogP contribution >= 0.6 is 0 Å². The molecule has 2 rings (SSSR count). The van der Waals surface area contributed by atoms with Crippen LogP contribution in [-0.2, 0) is 9.59 Å². The molecule has 1 unspecified atom stereocenters. The van der Waals surface area contributed by atoms with Crippen LogP contribution in [0.25, 0.3) is 0 Å². The Morgan fingerprint density at radius 1 is 1.52 bits per heavy atom. The maximum atomic E-state index is 12.0. The van der Waals surface area contributed by atoms with Crippen molar-refractivity contribution in [1.82, 2.24) is 4.90 Å². The van der Waals surface area contributed by atoms with Gasteiger partial charge in [0.1, 0.15) is 5.75 Å². The lowest BCUT2D eigenvalue weighted by molar-refractivity contribution is -0.131. The van der Waals surface area contributed by atoms with E-state index in [1.165, 1.54) is 0 Å². The molecule has 21 heavy (non-hydrogen) atoms. The third-order valence-electron chi connectivity index (χ3n) is 3.74. The number of nitrogens with zero attached hydrogens (tertiary/aromatic N) is 1. The molecule has 1 atom stereocenters. The van der Waals surface area contributed by atoms with Crippen molar-refractivity contribution in [2.75, 3.05) is 31.2 Å². The largest absolute Gasteiger partial charge is 0.497 e. The van der Waals surface area contributed by atoms with Crippen LogP contribution in [-0.4, -0.2) is 36.9 Å². The third kappa shape index (κ3) is 3.65. The van der Waals surface area contributed by atoms with Crippen molar-refractivity contribution >= 4 is 23.2 Å². The van der Waals surface area contributed by atoms with Gasteiger partial charge in [0.25, 0.3) is 0 Å². The van der Waals surface area contributed by atoms with Gasteiger partial charge >= 0.3 is 0 Å². The molecule has 1 aliphatic heterocycles. The van der Waals surface area contributed by atoms with Crippen molar-refractivity contribution in [3.8, 4) is 5.75 Å². The minimum Gasteiger partial charge on any atom is -0.497 e. The van der Waals surface area contributed by atoms with Gasteiger partial charge in [0.2, 0.25) is 11.8 Å². The number of carbonyl (C=O) groups is 2. The Bertz CT molecular complexity index is 545. The first-order valence-corrected chi connectivity index (χ1v) is 7.04. The van der Waals surface area contributed by atoms with E-state index in [0.29, 0.717) is 36.0 Å². The summed E-state index contributed by atoms with van der Waals surface area (Å²) in [6.45, 7) is 2.78. The van der Waals surface area contributed by atoms with Crippen molar-refractivity contribution in [1.29, 1.82) is 0 Å². The topological polar surface area (TPSA) is 84.7 Å². The molecule has 0 aliphatic carbocycles. The van der Waals surface area contributed by atoms with Crippen LogP contribution in [0, 0.1) is 5.92 Å². The van der Waals surface area contributed by atoms with E-state index in [0.717, 1.165) is 6.42 Å². The molecule has 1 aliphatic rings. The molecular formula is C15H21N3O3. The maximum Gasteiger partial charge on any atom is 0.244 e. The predicted molar refractivity (Wildman–Crippen MR) is 81.0 cm³/mol. The molecule has 1 saturated heterocycles. The van der Waals surface area contributed by atoms with E-state index in [1.807, 2.05) is 0 Å². The minimum atomic E-state index is -0.239. The number of benzene rings is 1. The van der Waals surface area contributed by atoms with Crippen molar-refractivity contribution in [3.05, 3.63) is 18.2 Å². The Labute approximate surface area is 124 Å².